The third kappa shape index (κ3) is 4.27. The lowest BCUT2D eigenvalue weighted by Gasteiger charge is -2.13. The Morgan fingerprint density at radius 2 is 1.85 bits per heavy atom. The Morgan fingerprint density at radius 1 is 1.23 bits per heavy atom. The van der Waals surface area contributed by atoms with Crippen molar-refractivity contribution in [2.75, 3.05) is 13.2 Å². The van der Waals surface area contributed by atoms with Gasteiger partial charge in [0, 0.05) is 0 Å². The molecule has 1 rings (SSSR count). The molecule has 0 amide bonds. The predicted octanol–water partition coefficient (Wildman–Crippen LogP) is 1.78. The highest BCUT2D eigenvalue weighted by molar-refractivity contribution is 5.71. The Kier molecular flexibility index (Phi) is 4.83. The lowest BCUT2D eigenvalue weighted by Crippen LogP contribution is -2.16. The Bertz CT molecular complexity index is 151. The van der Waals surface area contributed by atoms with E-state index in [-0.39, 0.29) is 12.5 Å². The minimum Gasteiger partial charge on any atom is -0.464 e. The average Bonchev–Trinajstić information content (AvgIpc) is 2.42. The summed E-state index contributed by atoms with van der Waals surface area (Å²) in [5.74, 6) is 0.169. The van der Waals surface area contributed by atoms with E-state index in [1.165, 1.54) is 38.5 Å². The number of rotatable bonds is 3. The second kappa shape index (κ2) is 5.97. The molecule has 1 aliphatic carbocycles. The lowest BCUT2D eigenvalue weighted by molar-refractivity contribution is -0.143. The molecule has 3 heteroatoms. The number of esters is 1. The minimum atomic E-state index is -0.385. The lowest BCUT2D eigenvalue weighted by atomic mass is 10.0. The van der Waals surface area contributed by atoms with Crippen LogP contribution in [0.2, 0.25) is 0 Å². The summed E-state index contributed by atoms with van der Waals surface area (Å²) in [6, 6.07) is 0. The Balaban J connectivity index is 2.15. The fourth-order valence-corrected chi connectivity index (χ4v) is 1.79. The molecule has 0 aliphatic heterocycles. The molecule has 0 bridgehead atoms. The number of hydrogen-bond acceptors (Lipinski definition) is 2. The van der Waals surface area contributed by atoms with Gasteiger partial charge in [-0.15, -0.1) is 0 Å². The summed E-state index contributed by atoms with van der Waals surface area (Å²) in [7, 11) is 0. The normalized spacial score (nSPS) is 19.5. The van der Waals surface area contributed by atoms with Gasteiger partial charge in [-0.2, -0.15) is 0 Å². The SMILES string of the molecule is [NH]CC(=O)OCC1CCCCCC1. The molecular weight excluding hydrogens is 166 g/mol. The van der Waals surface area contributed by atoms with Crippen LogP contribution in [0.4, 0.5) is 0 Å². The van der Waals surface area contributed by atoms with E-state index < -0.39 is 0 Å². The quantitative estimate of drug-likeness (QED) is 0.496. The zero-order chi connectivity index (χ0) is 9.52. The van der Waals surface area contributed by atoms with Crippen molar-refractivity contribution in [2.45, 2.75) is 38.5 Å². The van der Waals surface area contributed by atoms with E-state index in [2.05, 4.69) is 0 Å². The molecule has 75 valence electrons. The summed E-state index contributed by atoms with van der Waals surface area (Å²) in [5.41, 5.74) is 6.79. The Labute approximate surface area is 79.6 Å². The largest absolute Gasteiger partial charge is 0.464 e. The highest BCUT2D eigenvalue weighted by Gasteiger charge is 2.13. The van der Waals surface area contributed by atoms with Gasteiger partial charge in [0.25, 0.3) is 0 Å². The van der Waals surface area contributed by atoms with Gasteiger partial charge in [0.15, 0.2) is 0 Å². The molecule has 1 N–H and O–H groups in total. The number of carbonyl (C=O) groups excluding carboxylic acids is 1. The molecule has 1 aliphatic rings. The molecule has 0 aromatic carbocycles. The first kappa shape index (κ1) is 10.5. The van der Waals surface area contributed by atoms with Crippen LogP contribution in [0.5, 0.6) is 0 Å². The van der Waals surface area contributed by atoms with Crippen molar-refractivity contribution in [1.29, 1.82) is 0 Å². The summed E-state index contributed by atoms with van der Waals surface area (Å²) < 4.78 is 4.96. The first-order valence-corrected chi connectivity index (χ1v) is 5.13. The van der Waals surface area contributed by atoms with Crippen molar-refractivity contribution in [3.63, 3.8) is 0 Å². The van der Waals surface area contributed by atoms with E-state index in [0.29, 0.717) is 12.5 Å². The van der Waals surface area contributed by atoms with Crippen LogP contribution in [0.15, 0.2) is 0 Å². The molecule has 13 heavy (non-hydrogen) atoms. The van der Waals surface area contributed by atoms with Crippen molar-refractivity contribution < 1.29 is 9.53 Å². The molecule has 0 unspecified atom stereocenters. The first-order valence-electron chi connectivity index (χ1n) is 5.13. The van der Waals surface area contributed by atoms with Crippen LogP contribution in [-0.4, -0.2) is 19.1 Å². The van der Waals surface area contributed by atoms with Crippen LogP contribution >= 0.6 is 0 Å². The summed E-state index contributed by atoms with van der Waals surface area (Å²) in [6.45, 7) is 0.296. The molecule has 1 saturated carbocycles. The van der Waals surface area contributed by atoms with Crippen LogP contribution < -0.4 is 5.73 Å². The van der Waals surface area contributed by atoms with Crippen LogP contribution in [0, 0.1) is 5.92 Å². The van der Waals surface area contributed by atoms with Crippen molar-refractivity contribution in [2.24, 2.45) is 5.92 Å². The molecule has 0 saturated heterocycles. The van der Waals surface area contributed by atoms with Gasteiger partial charge in [-0.25, -0.2) is 5.73 Å². The first-order chi connectivity index (χ1) is 6.33. The van der Waals surface area contributed by atoms with E-state index in [9.17, 15) is 4.79 Å². The minimum absolute atomic E-state index is 0.243. The summed E-state index contributed by atoms with van der Waals surface area (Å²) >= 11 is 0. The van der Waals surface area contributed by atoms with Crippen molar-refractivity contribution in [3.8, 4) is 0 Å². The fourth-order valence-electron chi connectivity index (χ4n) is 1.79. The van der Waals surface area contributed by atoms with E-state index in [0.717, 1.165) is 0 Å². The average molecular weight is 184 g/mol. The van der Waals surface area contributed by atoms with Crippen LogP contribution in [0.1, 0.15) is 38.5 Å². The van der Waals surface area contributed by atoms with E-state index in [4.69, 9.17) is 10.5 Å². The van der Waals surface area contributed by atoms with E-state index in [1.807, 2.05) is 0 Å². The third-order valence-electron chi connectivity index (χ3n) is 2.60. The molecule has 1 fully saturated rings. The molecule has 0 aromatic heterocycles. The zero-order valence-corrected chi connectivity index (χ0v) is 8.05. The van der Waals surface area contributed by atoms with Gasteiger partial charge >= 0.3 is 5.97 Å². The summed E-state index contributed by atoms with van der Waals surface area (Å²) in [6.07, 6.45) is 7.55. The second-order valence-corrected chi connectivity index (χ2v) is 3.72. The maximum atomic E-state index is 10.7. The van der Waals surface area contributed by atoms with Gasteiger partial charge in [-0.1, -0.05) is 25.7 Å². The van der Waals surface area contributed by atoms with Crippen molar-refractivity contribution >= 4 is 5.97 Å². The Morgan fingerprint density at radius 3 is 2.38 bits per heavy atom. The molecule has 0 heterocycles. The molecule has 0 spiro atoms. The van der Waals surface area contributed by atoms with Gasteiger partial charge < -0.3 is 4.74 Å². The maximum absolute atomic E-state index is 10.7. The second-order valence-electron chi connectivity index (χ2n) is 3.72. The predicted molar refractivity (Wildman–Crippen MR) is 50.1 cm³/mol. The zero-order valence-electron chi connectivity index (χ0n) is 8.05. The third-order valence-corrected chi connectivity index (χ3v) is 2.60. The van der Waals surface area contributed by atoms with Gasteiger partial charge in [0.05, 0.1) is 6.61 Å². The number of carbonyl (C=O) groups is 1. The number of nitrogens with one attached hydrogen (secondary N) is 1. The molecule has 1 radical (unpaired) electrons. The molecule has 0 aromatic rings. The monoisotopic (exact) mass is 184 g/mol. The molecule has 3 nitrogen and oxygen atoms in total. The van der Waals surface area contributed by atoms with Crippen LogP contribution in [-0.2, 0) is 9.53 Å². The standard InChI is InChI=1S/C10H18NO2/c11-7-10(12)13-8-9-5-3-1-2-4-6-9/h9,11H,1-8H2. The van der Waals surface area contributed by atoms with Gasteiger partial charge in [0.1, 0.15) is 6.54 Å². The van der Waals surface area contributed by atoms with Gasteiger partial charge in [-0.3, -0.25) is 4.79 Å². The van der Waals surface area contributed by atoms with Gasteiger partial charge in [-0.05, 0) is 18.8 Å². The highest BCUT2D eigenvalue weighted by Crippen LogP contribution is 2.22. The van der Waals surface area contributed by atoms with Gasteiger partial charge in [0.2, 0.25) is 0 Å². The fraction of sp³-hybridized carbons (Fsp3) is 0.900. The van der Waals surface area contributed by atoms with Crippen molar-refractivity contribution in [1.82, 2.24) is 5.73 Å². The van der Waals surface area contributed by atoms with Crippen molar-refractivity contribution in [3.05, 3.63) is 0 Å². The highest BCUT2D eigenvalue weighted by atomic mass is 16.5. The molecular formula is C10H18NO2. The van der Waals surface area contributed by atoms with E-state index in [1.54, 1.807) is 0 Å². The summed E-state index contributed by atoms with van der Waals surface area (Å²) in [4.78, 5) is 10.7. The van der Waals surface area contributed by atoms with E-state index >= 15 is 0 Å². The maximum Gasteiger partial charge on any atom is 0.321 e. The summed E-state index contributed by atoms with van der Waals surface area (Å²) in [5, 5.41) is 0. The van der Waals surface area contributed by atoms with Crippen LogP contribution in [0.25, 0.3) is 0 Å². The molecule has 0 atom stereocenters. The van der Waals surface area contributed by atoms with Crippen LogP contribution in [0.3, 0.4) is 0 Å². The number of hydrogen-bond donors (Lipinski definition) is 0. The smallest absolute Gasteiger partial charge is 0.321 e. The number of ether oxygens (including phenoxy) is 1. The topological polar surface area (TPSA) is 50.1 Å². The Hall–Kier alpha value is -0.570.